The highest BCUT2D eigenvalue weighted by Gasteiger charge is 2.13. The minimum absolute atomic E-state index is 0.0873. The van der Waals surface area contributed by atoms with E-state index in [1.807, 2.05) is 0 Å². The predicted molar refractivity (Wildman–Crippen MR) is 68.6 cm³/mol. The van der Waals surface area contributed by atoms with Crippen molar-refractivity contribution in [1.29, 1.82) is 5.26 Å². The van der Waals surface area contributed by atoms with Gasteiger partial charge in [0, 0.05) is 18.8 Å². The molecule has 1 rings (SSSR count). The van der Waals surface area contributed by atoms with E-state index in [1.54, 1.807) is 26.8 Å². The average molecular weight is 264 g/mol. The molecule has 0 aliphatic carbocycles. The minimum Gasteiger partial charge on any atom is -0.352 e. The number of nitriles is 1. The van der Waals surface area contributed by atoms with Crippen LogP contribution in [0.2, 0.25) is 0 Å². The second-order valence-electron chi connectivity index (χ2n) is 4.34. The van der Waals surface area contributed by atoms with Crippen LogP contribution in [0.3, 0.4) is 0 Å². The first-order valence-corrected chi connectivity index (χ1v) is 5.94. The van der Waals surface area contributed by atoms with Crippen LogP contribution in [0.4, 0.5) is 0 Å². The molecule has 1 heterocycles. The molecular weight excluding hydrogens is 248 g/mol. The van der Waals surface area contributed by atoms with Crippen molar-refractivity contribution in [1.82, 2.24) is 14.5 Å². The van der Waals surface area contributed by atoms with Gasteiger partial charge >= 0.3 is 5.69 Å². The van der Waals surface area contributed by atoms with Crippen LogP contribution < -0.4 is 16.6 Å². The van der Waals surface area contributed by atoms with E-state index in [0.717, 1.165) is 4.57 Å². The molecule has 0 saturated carbocycles. The molecule has 0 unspecified atom stereocenters. The second kappa shape index (κ2) is 6.00. The zero-order chi connectivity index (χ0) is 14.6. The quantitative estimate of drug-likeness (QED) is 0.787. The highest BCUT2D eigenvalue weighted by Crippen LogP contribution is 1.88. The Morgan fingerprint density at radius 3 is 2.58 bits per heavy atom. The van der Waals surface area contributed by atoms with E-state index in [2.05, 4.69) is 5.32 Å². The second-order valence-corrected chi connectivity index (χ2v) is 4.34. The van der Waals surface area contributed by atoms with Gasteiger partial charge in [-0.2, -0.15) is 5.26 Å². The zero-order valence-corrected chi connectivity index (χ0v) is 11.1. The summed E-state index contributed by atoms with van der Waals surface area (Å²) in [6.45, 7) is 5.20. The maximum absolute atomic E-state index is 11.9. The molecule has 0 aromatic carbocycles. The lowest BCUT2D eigenvalue weighted by molar-refractivity contribution is -0.122. The lowest BCUT2D eigenvalue weighted by Crippen LogP contribution is -2.45. The van der Waals surface area contributed by atoms with Gasteiger partial charge in [0.15, 0.2) is 0 Å². The number of aryl methyl sites for hydroxylation is 1. The van der Waals surface area contributed by atoms with E-state index >= 15 is 0 Å². The monoisotopic (exact) mass is 264 g/mol. The van der Waals surface area contributed by atoms with Gasteiger partial charge < -0.3 is 5.32 Å². The summed E-state index contributed by atoms with van der Waals surface area (Å²) in [5.41, 5.74) is -1.49. The number of hydrogen-bond donors (Lipinski definition) is 1. The highest BCUT2D eigenvalue weighted by molar-refractivity contribution is 5.75. The lowest BCUT2D eigenvalue weighted by atomic mass is 10.3. The third kappa shape index (κ3) is 3.31. The summed E-state index contributed by atoms with van der Waals surface area (Å²) >= 11 is 0. The number of aromatic nitrogens is 2. The van der Waals surface area contributed by atoms with Gasteiger partial charge in [0.1, 0.15) is 18.2 Å². The Labute approximate surface area is 110 Å². The first-order chi connectivity index (χ1) is 8.90. The van der Waals surface area contributed by atoms with Gasteiger partial charge in [-0.1, -0.05) is 0 Å². The molecule has 0 fully saturated rings. The maximum atomic E-state index is 11.9. The number of nitrogens with zero attached hydrogens (tertiary/aromatic N) is 3. The Morgan fingerprint density at radius 1 is 1.47 bits per heavy atom. The molecular formula is C12H16N4O3. The van der Waals surface area contributed by atoms with Gasteiger partial charge in [-0.05, 0) is 20.8 Å². The van der Waals surface area contributed by atoms with Gasteiger partial charge in [0.25, 0.3) is 5.56 Å². The van der Waals surface area contributed by atoms with Crippen molar-refractivity contribution in [3.05, 3.63) is 32.6 Å². The fourth-order valence-electron chi connectivity index (χ4n) is 1.61. The normalized spacial score (nSPS) is 10.3. The lowest BCUT2D eigenvalue weighted by Gasteiger charge is -2.11. The minimum atomic E-state index is -0.740. The molecule has 19 heavy (non-hydrogen) atoms. The molecule has 0 bridgehead atoms. The van der Waals surface area contributed by atoms with Crippen molar-refractivity contribution in [2.24, 2.45) is 0 Å². The zero-order valence-electron chi connectivity index (χ0n) is 11.1. The number of nitrogens with one attached hydrogen (secondary N) is 1. The van der Waals surface area contributed by atoms with Gasteiger partial charge in [-0.15, -0.1) is 0 Å². The number of rotatable bonds is 4. The van der Waals surface area contributed by atoms with Crippen LogP contribution in [0.1, 0.15) is 26.3 Å². The summed E-state index contributed by atoms with van der Waals surface area (Å²) < 4.78 is 2.00. The topological polar surface area (TPSA) is 96.9 Å². The van der Waals surface area contributed by atoms with Crippen LogP contribution in [-0.4, -0.2) is 21.1 Å². The summed E-state index contributed by atoms with van der Waals surface area (Å²) in [6.07, 6.45) is 1.21. The molecule has 0 atom stereocenters. The molecule has 0 aliphatic rings. The fraction of sp³-hybridized carbons (Fsp3) is 0.500. The third-order valence-electron chi connectivity index (χ3n) is 2.45. The van der Waals surface area contributed by atoms with E-state index in [-0.39, 0.29) is 18.2 Å². The molecule has 102 valence electrons. The number of hydrogen-bond acceptors (Lipinski definition) is 4. The van der Waals surface area contributed by atoms with Crippen LogP contribution >= 0.6 is 0 Å². The smallest absolute Gasteiger partial charge is 0.331 e. The largest absolute Gasteiger partial charge is 0.352 e. The average Bonchev–Trinajstić information content (AvgIpc) is 2.34. The molecule has 0 radical (unpaired) electrons. The summed E-state index contributed by atoms with van der Waals surface area (Å²) in [4.78, 5) is 35.4. The van der Waals surface area contributed by atoms with Crippen LogP contribution in [0.5, 0.6) is 0 Å². The van der Waals surface area contributed by atoms with Crippen molar-refractivity contribution >= 4 is 5.91 Å². The van der Waals surface area contributed by atoms with Crippen molar-refractivity contribution < 1.29 is 4.79 Å². The van der Waals surface area contributed by atoms with E-state index < -0.39 is 17.2 Å². The highest BCUT2D eigenvalue weighted by atomic mass is 16.2. The number of amides is 1. The van der Waals surface area contributed by atoms with Gasteiger partial charge in [-0.3, -0.25) is 14.2 Å². The van der Waals surface area contributed by atoms with Crippen LogP contribution in [0.15, 0.2) is 15.8 Å². The molecule has 0 spiro atoms. The molecule has 1 amide bonds. The third-order valence-corrected chi connectivity index (χ3v) is 2.45. The Kier molecular flexibility index (Phi) is 4.64. The number of carbonyl (C=O) groups is 1. The van der Waals surface area contributed by atoms with Gasteiger partial charge in [-0.25, -0.2) is 9.36 Å². The standard InChI is InChI=1S/C12H16N4O3/c1-4-15-6-9(5-13)11(18)16(12(15)19)7-10(17)14-8(2)3/h6,8H,4,7H2,1-3H3,(H,14,17). The van der Waals surface area contributed by atoms with Gasteiger partial charge in [0.2, 0.25) is 5.91 Å². The first kappa shape index (κ1) is 14.7. The van der Waals surface area contributed by atoms with Crippen molar-refractivity contribution in [2.45, 2.75) is 39.9 Å². The maximum Gasteiger partial charge on any atom is 0.331 e. The molecule has 0 saturated heterocycles. The summed E-state index contributed by atoms with van der Waals surface area (Å²) in [5, 5.41) is 11.4. The van der Waals surface area contributed by atoms with Crippen LogP contribution in [0.25, 0.3) is 0 Å². The predicted octanol–water partition coefficient (Wildman–Crippen LogP) is -0.574. The van der Waals surface area contributed by atoms with E-state index in [9.17, 15) is 14.4 Å². The van der Waals surface area contributed by atoms with Crippen LogP contribution in [-0.2, 0) is 17.9 Å². The van der Waals surface area contributed by atoms with Crippen LogP contribution in [0, 0.1) is 11.3 Å². The number of carbonyl (C=O) groups excluding carboxylic acids is 1. The molecule has 7 heteroatoms. The first-order valence-electron chi connectivity index (χ1n) is 5.94. The Bertz CT molecular complexity index is 634. The van der Waals surface area contributed by atoms with Crippen molar-refractivity contribution in [3.8, 4) is 6.07 Å². The SMILES string of the molecule is CCn1cc(C#N)c(=O)n(CC(=O)NC(C)C)c1=O. The van der Waals surface area contributed by atoms with Crippen molar-refractivity contribution in [3.63, 3.8) is 0 Å². The Morgan fingerprint density at radius 2 is 2.11 bits per heavy atom. The summed E-state index contributed by atoms with van der Waals surface area (Å²) in [5.74, 6) is -0.438. The van der Waals surface area contributed by atoms with E-state index in [1.165, 1.54) is 10.8 Å². The molecule has 7 nitrogen and oxygen atoms in total. The van der Waals surface area contributed by atoms with Gasteiger partial charge in [0.05, 0.1) is 0 Å². The fourth-order valence-corrected chi connectivity index (χ4v) is 1.61. The van der Waals surface area contributed by atoms with Crippen molar-refractivity contribution in [2.75, 3.05) is 0 Å². The summed E-state index contributed by atoms with van der Waals surface area (Å²) in [7, 11) is 0. The molecule has 1 aromatic heterocycles. The molecule has 0 aliphatic heterocycles. The Hall–Kier alpha value is -2.36. The molecule has 1 aromatic rings. The summed E-state index contributed by atoms with van der Waals surface area (Å²) in [6, 6.07) is 1.64. The Balaban J connectivity index is 3.27. The molecule has 1 N–H and O–H groups in total. The van der Waals surface area contributed by atoms with E-state index in [4.69, 9.17) is 5.26 Å². The van der Waals surface area contributed by atoms with E-state index in [0.29, 0.717) is 6.54 Å².